The number of nitrogens with one attached hydrogen (secondary N) is 1. The first-order valence-electron chi connectivity index (χ1n) is 5.94. The molecule has 1 aromatic carbocycles. The summed E-state index contributed by atoms with van der Waals surface area (Å²) in [6, 6.07) is 6.49. The molecule has 0 aliphatic heterocycles. The SMILES string of the molecule is CC(Nc1ccc(C(N)=S)cc1Br)C1CCC1. The van der Waals surface area contributed by atoms with Gasteiger partial charge in [0.25, 0.3) is 0 Å². The first-order chi connectivity index (χ1) is 8.08. The lowest BCUT2D eigenvalue weighted by atomic mass is 9.80. The Morgan fingerprint density at radius 2 is 2.24 bits per heavy atom. The molecule has 0 radical (unpaired) electrons. The summed E-state index contributed by atoms with van der Waals surface area (Å²) in [6.07, 6.45) is 4.06. The van der Waals surface area contributed by atoms with E-state index in [1.807, 2.05) is 18.2 Å². The quantitative estimate of drug-likeness (QED) is 0.833. The Balaban J connectivity index is 2.07. The predicted molar refractivity (Wildman–Crippen MR) is 80.5 cm³/mol. The monoisotopic (exact) mass is 312 g/mol. The molecule has 1 fully saturated rings. The number of rotatable bonds is 4. The molecule has 0 aromatic heterocycles. The van der Waals surface area contributed by atoms with Crippen LogP contribution in [0.2, 0.25) is 0 Å². The molecule has 2 nitrogen and oxygen atoms in total. The summed E-state index contributed by atoms with van der Waals surface area (Å²) >= 11 is 8.51. The van der Waals surface area contributed by atoms with Crippen LogP contribution in [0.15, 0.2) is 22.7 Å². The summed E-state index contributed by atoms with van der Waals surface area (Å²) in [5.41, 5.74) is 7.62. The van der Waals surface area contributed by atoms with Gasteiger partial charge in [0.15, 0.2) is 0 Å². The van der Waals surface area contributed by atoms with E-state index in [2.05, 4.69) is 28.2 Å². The van der Waals surface area contributed by atoms with Gasteiger partial charge >= 0.3 is 0 Å². The Bertz CT molecular complexity index is 429. The fraction of sp³-hybridized carbons (Fsp3) is 0.462. The molecule has 1 aliphatic rings. The Morgan fingerprint density at radius 3 is 2.71 bits per heavy atom. The average molecular weight is 313 g/mol. The van der Waals surface area contributed by atoms with E-state index in [9.17, 15) is 0 Å². The Labute approximate surface area is 116 Å². The van der Waals surface area contributed by atoms with Crippen LogP contribution in [-0.2, 0) is 0 Å². The van der Waals surface area contributed by atoms with E-state index >= 15 is 0 Å². The van der Waals surface area contributed by atoms with E-state index in [-0.39, 0.29) is 0 Å². The minimum Gasteiger partial charge on any atom is -0.389 e. The first kappa shape index (κ1) is 12.8. The normalized spacial score (nSPS) is 17.3. The minimum atomic E-state index is 0.435. The number of nitrogens with two attached hydrogens (primary N) is 1. The van der Waals surface area contributed by atoms with Crippen LogP contribution in [0.4, 0.5) is 5.69 Å². The minimum absolute atomic E-state index is 0.435. The van der Waals surface area contributed by atoms with Crippen molar-refractivity contribution >= 4 is 38.8 Å². The van der Waals surface area contributed by atoms with E-state index in [0.29, 0.717) is 11.0 Å². The highest BCUT2D eigenvalue weighted by Crippen LogP contribution is 2.32. The van der Waals surface area contributed by atoms with Crippen LogP contribution in [0, 0.1) is 5.92 Å². The molecule has 0 saturated heterocycles. The van der Waals surface area contributed by atoms with Gasteiger partial charge in [0.2, 0.25) is 0 Å². The molecule has 0 bridgehead atoms. The van der Waals surface area contributed by atoms with Crippen molar-refractivity contribution in [1.29, 1.82) is 0 Å². The number of hydrogen-bond donors (Lipinski definition) is 2. The molecule has 1 saturated carbocycles. The van der Waals surface area contributed by atoms with Crippen molar-refractivity contribution in [3.8, 4) is 0 Å². The summed E-state index contributed by atoms with van der Waals surface area (Å²) in [5, 5.41) is 3.55. The first-order valence-corrected chi connectivity index (χ1v) is 7.14. The topological polar surface area (TPSA) is 38.0 Å². The highest BCUT2D eigenvalue weighted by Gasteiger charge is 2.24. The molecule has 1 aromatic rings. The van der Waals surface area contributed by atoms with Gasteiger partial charge in [-0.25, -0.2) is 0 Å². The van der Waals surface area contributed by atoms with Gasteiger partial charge in [-0.05, 0) is 59.8 Å². The summed E-state index contributed by atoms with van der Waals surface area (Å²) in [5.74, 6) is 0.817. The number of thiocarbonyl (C=S) groups is 1. The second kappa shape index (κ2) is 5.36. The molecule has 0 amide bonds. The molecule has 1 aliphatic carbocycles. The molecule has 17 heavy (non-hydrogen) atoms. The van der Waals surface area contributed by atoms with Gasteiger partial charge in [-0.15, -0.1) is 0 Å². The van der Waals surface area contributed by atoms with Gasteiger partial charge in [-0.3, -0.25) is 0 Å². The Kier molecular flexibility index (Phi) is 4.05. The molecule has 0 spiro atoms. The zero-order valence-corrected chi connectivity index (χ0v) is 12.3. The van der Waals surface area contributed by atoms with Crippen molar-refractivity contribution < 1.29 is 0 Å². The average Bonchev–Trinajstić information content (AvgIpc) is 2.18. The van der Waals surface area contributed by atoms with Crippen molar-refractivity contribution in [2.24, 2.45) is 11.7 Å². The summed E-state index contributed by atoms with van der Waals surface area (Å²) in [6.45, 7) is 2.25. The number of benzene rings is 1. The molecule has 3 N–H and O–H groups in total. The molecular weight excluding hydrogens is 296 g/mol. The lowest BCUT2D eigenvalue weighted by Gasteiger charge is -2.32. The van der Waals surface area contributed by atoms with E-state index in [4.69, 9.17) is 18.0 Å². The van der Waals surface area contributed by atoms with Gasteiger partial charge in [0.1, 0.15) is 4.99 Å². The maximum absolute atomic E-state index is 5.60. The second-order valence-electron chi connectivity index (χ2n) is 4.68. The predicted octanol–water partition coefficient (Wildman–Crippen LogP) is 3.68. The molecule has 1 unspecified atom stereocenters. The fourth-order valence-corrected chi connectivity index (χ4v) is 2.71. The number of hydrogen-bond acceptors (Lipinski definition) is 2. The van der Waals surface area contributed by atoms with Crippen molar-refractivity contribution in [2.75, 3.05) is 5.32 Å². The smallest absolute Gasteiger partial charge is 0.104 e. The van der Waals surface area contributed by atoms with Crippen molar-refractivity contribution in [3.63, 3.8) is 0 Å². The van der Waals surface area contributed by atoms with Gasteiger partial charge in [-0.1, -0.05) is 18.6 Å². The van der Waals surface area contributed by atoms with Gasteiger partial charge in [0.05, 0.1) is 0 Å². The third-order valence-electron chi connectivity index (χ3n) is 3.49. The molecule has 92 valence electrons. The van der Waals surface area contributed by atoms with Crippen molar-refractivity contribution in [3.05, 3.63) is 28.2 Å². The summed E-state index contributed by atoms with van der Waals surface area (Å²) in [7, 11) is 0. The molecule has 4 heteroatoms. The van der Waals surface area contributed by atoms with Gasteiger partial charge in [-0.2, -0.15) is 0 Å². The maximum Gasteiger partial charge on any atom is 0.104 e. The van der Waals surface area contributed by atoms with Crippen LogP contribution >= 0.6 is 28.1 Å². The van der Waals surface area contributed by atoms with Crippen LogP contribution in [0.25, 0.3) is 0 Å². The van der Waals surface area contributed by atoms with Crippen LogP contribution in [0.3, 0.4) is 0 Å². The lowest BCUT2D eigenvalue weighted by Crippen LogP contribution is -2.30. The maximum atomic E-state index is 5.60. The summed E-state index contributed by atoms with van der Waals surface area (Å²) < 4.78 is 1.02. The number of halogens is 1. The fourth-order valence-electron chi connectivity index (χ4n) is 2.09. The van der Waals surface area contributed by atoms with E-state index < -0.39 is 0 Å². The largest absolute Gasteiger partial charge is 0.389 e. The second-order valence-corrected chi connectivity index (χ2v) is 5.98. The molecular formula is C13H17BrN2S. The Morgan fingerprint density at radius 1 is 1.53 bits per heavy atom. The zero-order chi connectivity index (χ0) is 12.4. The highest BCUT2D eigenvalue weighted by atomic mass is 79.9. The van der Waals surface area contributed by atoms with Crippen LogP contribution in [-0.4, -0.2) is 11.0 Å². The lowest BCUT2D eigenvalue weighted by molar-refractivity contribution is 0.285. The van der Waals surface area contributed by atoms with Crippen LogP contribution in [0.5, 0.6) is 0 Å². The highest BCUT2D eigenvalue weighted by molar-refractivity contribution is 9.10. The zero-order valence-electron chi connectivity index (χ0n) is 9.87. The Hall–Kier alpha value is -0.610. The molecule has 1 atom stereocenters. The third kappa shape index (κ3) is 2.99. The van der Waals surface area contributed by atoms with E-state index in [0.717, 1.165) is 21.6 Å². The van der Waals surface area contributed by atoms with E-state index in [1.54, 1.807) is 0 Å². The third-order valence-corrected chi connectivity index (χ3v) is 4.39. The van der Waals surface area contributed by atoms with Crippen LogP contribution < -0.4 is 11.1 Å². The van der Waals surface area contributed by atoms with Crippen LogP contribution in [0.1, 0.15) is 31.7 Å². The molecule has 2 rings (SSSR count). The van der Waals surface area contributed by atoms with Crippen molar-refractivity contribution in [2.45, 2.75) is 32.2 Å². The van der Waals surface area contributed by atoms with Crippen molar-refractivity contribution in [1.82, 2.24) is 0 Å². The molecule has 0 heterocycles. The summed E-state index contributed by atoms with van der Waals surface area (Å²) in [4.78, 5) is 0.435. The standard InChI is InChI=1S/C13H17BrN2S/c1-8(9-3-2-4-9)16-12-6-5-10(13(15)17)7-11(12)14/h5-9,16H,2-4H2,1H3,(H2,15,17). The van der Waals surface area contributed by atoms with Gasteiger partial charge < -0.3 is 11.1 Å². The van der Waals surface area contributed by atoms with E-state index in [1.165, 1.54) is 19.3 Å². The number of anilines is 1. The van der Waals surface area contributed by atoms with Gasteiger partial charge in [0, 0.05) is 21.8 Å².